The number of hydrogen-bond donors (Lipinski definition) is 2. The number of nitrogens with one attached hydrogen (secondary N) is 1. The van der Waals surface area contributed by atoms with E-state index < -0.39 is 12.6 Å². The van der Waals surface area contributed by atoms with E-state index in [-0.39, 0.29) is 11.7 Å². The van der Waals surface area contributed by atoms with Crippen LogP contribution in [0, 0.1) is 5.92 Å². The standard InChI is InChI=1S/C18H25F2NO3/c1-12(21-15-8-6-14(7-9-15)17(22)23)2-3-13-4-10-16(11-5-13)24-18(19)20/h4-5,10-12,14-15,18,21H,2-3,6-9H2,1H3,(H,22,23). The molecule has 1 aromatic carbocycles. The molecular weight excluding hydrogens is 316 g/mol. The average molecular weight is 341 g/mol. The summed E-state index contributed by atoms with van der Waals surface area (Å²) in [7, 11) is 0. The van der Waals surface area contributed by atoms with Crippen molar-refractivity contribution in [2.24, 2.45) is 5.92 Å². The fraction of sp³-hybridized carbons (Fsp3) is 0.611. The zero-order valence-corrected chi connectivity index (χ0v) is 13.9. The molecule has 0 amide bonds. The number of halogens is 2. The van der Waals surface area contributed by atoms with Crippen molar-refractivity contribution < 1.29 is 23.4 Å². The average Bonchev–Trinajstić information content (AvgIpc) is 2.54. The Morgan fingerprint density at radius 2 is 1.88 bits per heavy atom. The molecular formula is C18H25F2NO3. The number of carboxylic acid groups (broad SMARTS) is 1. The van der Waals surface area contributed by atoms with Crippen LogP contribution in [0.5, 0.6) is 5.75 Å². The Morgan fingerprint density at radius 1 is 1.25 bits per heavy atom. The van der Waals surface area contributed by atoms with Crippen molar-refractivity contribution in [3.05, 3.63) is 29.8 Å². The van der Waals surface area contributed by atoms with Gasteiger partial charge >= 0.3 is 12.6 Å². The van der Waals surface area contributed by atoms with E-state index in [4.69, 9.17) is 5.11 Å². The van der Waals surface area contributed by atoms with E-state index in [1.165, 1.54) is 0 Å². The number of rotatable bonds is 8. The molecule has 1 unspecified atom stereocenters. The molecule has 1 fully saturated rings. The summed E-state index contributed by atoms with van der Waals surface area (Å²) in [6, 6.07) is 7.45. The van der Waals surface area contributed by atoms with Crippen LogP contribution in [-0.2, 0) is 11.2 Å². The van der Waals surface area contributed by atoms with Gasteiger partial charge in [-0.2, -0.15) is 8.78 Å². The van der Waals surface area contributed by atoms with Crippen LogP contribution in [0.4, 0.5) is 8.78 Å². The second-order valence-corrected chi connectivity index (χ2v) is 6.52. The van der Waals surface area contributed by atoms with E-state index in [2.05, 4.69) is 17.0 Å². The summed E-state index contributed by atoms with van der Waals surface area (Å²) in [4.78, 5) is 11.0. The lowest BCUT2D eigenvalue weighted by Gasteiger charge is -2.29. The molecule has 1 saturated carbocycles. The number of alkyl halides is 2. The third-order valence-electron chi connectivity index (χ3n) is 4.61. The number of aliphatic carboxylic acids is 1. The van der Waals surface area contributed by atoms with Crippen molar-refractivity contribution in [3.8, 4) is 5.75 Å². The molecule has 2 rings (SSSR count). The first kappa shape index (κ1) is 18.6. The SMILES string of the molecule is CC(CCc1ccc(OC(F)F)cc1)NC1CCC(C(=O)O)CC1. The molecule has 0 radical (unpaired) electrons. The highest BCUT2D eigenvalue weighted by atomic mass is 19.3. The third-order valence-corrected chi connectivity index (χ3v) is 4.61. The van der Waals surface area contributed by atoms with Crippen LogP contribution in [0.1, 0.15) is 44.6 Å². The minimum atomic E-state index is -2.80. The maximum absolute atomic E-state index is 12.1. The Kier molecular flexibility index (Phi) is 6.97. The smallest absolute Gasteiger partial charge is 0.387 e. The first-order valence-corrected chi connectivity index (χ1v) is 8.46. The van der Waals surface area contributed by atoms with Crippen LogP contribution in [0.15, 0.2) is 24.3 Å². The van der Waals surface area contributed by atoms with E-state index in [0.717, 1.165) is 44.1 Å². The van der Waals surface area contributed by atoms with Crippen molar-refractivity contribution in [1.29, 1.82) is 0 Å². The minimum absolute atomic E-state index is 0.176. The maximum atomic E-state index is 12.1. The van der Waals surface area contributed by atoms with Crippen LogP contribution >= 0.6 is 0 Å². The number of ether oxygens (including phenoxy) is 1. The summed E-state index contributed by atoms with van der Waals surface area (Å²) < 4.78 is 28.5. The minimum Gasteiger partial charge on any atom is -0.481 e. The van der Waals surface area contributed by atoms with Gasteiger partial charge in [0.1, 0.15) is 5.75 Å². The zero-order chi connectivity index (χ0) is 17.5. The number of benzene rings is 1. The molecule has 1 aliphatic rings. The number of hydrogen-bond acceptors (Lipinski definition) is 3. The van der Waals surface area contributed by atoms with Crippen LogP contribution in [0.3, 0.4) is 0 Å². The van der Waals surface area contributed by atoms with Gasteiger partial charge in [0.15, 0.2) is 0 Å². The molecule has 0 saturated heterocycles. The Labute approximate surface area is 141 Å². The van der Waals surface area contributed by atoms with Crippen LogP contribution in [-0.4, -0.2) is 29.8 Å². The van der Waals surface area contributed by atoms with Gasteiger partial charge in [0.2, 0.25) is 0 Å². The van der Waals surface area contributed by atoms with Crippen molar-refractivity contribution in [2.75, 3.05) is 0 Å². The zero-order valence-electron chi connectivity index (χ0n) is 13.9. The molecule has 0 heterocycles. The third kappa shape index (κ3) is 6.07. The second kappa shape index (κ2) is 8.97. The lowest BCUT2D eigenvalue weighted by Crippen LogP contribution is -2.40. The van der Waals surface area contributed by atoms with E-state index in [9.17, 15) is 13.6 Å². The largest absolute Gasteiger partial charge is 0.481 e. The van der Waals surface area contributed by atoms with Crippen LogP contribution in [0.2, 0.25) is 0 Å². The van der Waals surface area contributed by atoms with Gasteiger partial charge in [-0.15, -0.1) is 0 Å². The predicted molar refractivity (Wildman–Crippen MR) is 87.4 cm³/mol. The van der Waals surface area contributed by atoms with E-state index >= 15 is 0 Å². The van der Waals surface area contributed by atoms with Crippen molar-refractivity contribution >= 4 is 5.97 Å². The lowest BCUT2D eigenvalue weighted by molar-refractivity contribution is -0.142. The molecule has 6 heteroatoms. The predicted octanol–water partition coefficient (Wildman–Crippen LogP) is 3.84. The highest BCUT2D eigenvalue weighted by molar-refractivity contribution is 5.70. The summed E-state index contributed by atoms with van der Waals surface area (Å²) in [5.41, 5.74) is 1.08. The van der Waals surface area contributed by atoms with Gasteiger partial charge in [0.25, 0.3) is 0 Å². The monoisotopic (exact) mass is 341 g/mol. The van der Waals surface area contributed by atoms with E-state index in [1.54, 1.807) is 12.1 Å². The van der Waals surface area contributed by atoms with Gasteiger partial charge in [-0.25, -0.2) is 0 Å². The Balaban J connectivity index is 1.69. The van der Waals surface area contributed by atoms with Gasteiger partial charge in [0.05, 0.1) is 5.92 Å². The van der Waals surface area contributed by atoms with Gasteiger partial charge < -0.3 is 15.2 Å². The number of aryl methyl sites for hydroxylation is 1. The number of carboxylic acids is 1. The molecule has 0 aliphatic heterocycles. The van der Waals surface area contributed by atoms with Gasteiger partial charge in [-0.3, -0.25) is 4.79 Å². The Hall–Kier alpha value is -1.69. The molecule has 4 nitrogen and oxygen atoms in total. The second-order valence-electron chi connectivity index (χ2n) is 6.52. The van der Waals surface area contributed by atoms with Crippen LogP contribution in [0.25, 0.3) is 0 Å². The molecule has 2 N–H and O–H groups in total. The molecule has 1 aliphatic carbocycles. The molecule has 0 bridgehead atoms. The van der Waals surface area contributed by atoms with Gasteiger partial charge in [0, 0.05) is 12.1 Å². The van der Waals surface area contributed by atoms with Gasteiger partial charge in [-0.05, 0) is 63.1 Å². The van der Waals surface area contributed by atoms with Gasteiger partial charge in [-0.1, -0.05) is 12.1 Å². The summed E-state index contributed by atoms with van der Waals surface area (Å²) in [5.74, 6) is -0.691. The fourth-order valence-electron chi connectivity index (χ4n) is 3.21. The summed E-state index contributed by atoms with van der Waals surface area (Å²) in [6.45, 7) is -0.673. The molecule has 1 atom stereocenters. The molecule has 134 valence electrons. The molecule has 0 aromatic heterocycles. The summed E-state index contributed by atoms with van der Waals surface area (Å²) in [5, 5.41) is 12.6. The highest BCUT2D eigenvalue weighted by Crippen LogP contribution is 2.25. The molecule has 0 spiro atoms. The normalized spacial score (nSPS) is 22.3. The topological polar surface area (TPSA) is 58.6 Å². The van der Waals surface area contributed by atoms with E-state index in [1.807, 2.05) is 12.1 Å². The Morgan fingerprint density at radius 3 is 2.42 bits per heavy atom. The van der Waals surface area contributed by atoms with Crippen molar-refractivity contribution in [1.82, 2.24) is 5.32 Å². The highest BCUT2D eigenvalue weighted by Gasteiger charge is 2.26. The van der Waals surface area contributed by atoms with Crippen LogP contribution < -0.4 is 10.1 Å². The van der Waals surface area contributed by atoms with Crippen molar-refractivity contribution in [3.63, 3.8) is 0 Å². The van der Waals surface area contributed by atoms with E-state index in [0.29, 0.717) is 12.1 Å². The fourth-order valence-corrected chi connectivity index (χ4v) is 3.21. The molecule has 1 aromatic rings. The molecule has 24 heavy (non-hydrogen) atoms. The Bertz CT molecular complexity index is 514. The number of carbonyl (C=O) groups is 1. The summed E-state index contributed by atoms with van der Waals surface area (Å²) in [6.07, 6.45) is 5.08. The maximum Gasteiger partial charge on any atom is 0.387 e. The first-order valence-electron chi connectivity index (χ1n) is 8.46. The summed E-state index contributed by atoms with van der Waals surface area (Å²) >= 11 is 0. The first-order chi connectivity index (χ1) is 11.4. The van der Waals surface area contributed by atoms with Crippen molar-refractivity contribution in [2.45, 2.75) is 64.1 Å². The lowest BCUT2D eigenvalue weighted by atomic mass is 9.85. The quantitative estimate of drug-likeness (QED) is 0.754.